The van der Waals surface area contributed by atoms with Crippen LogP contribution in [-0.2, 0) is 0 Å². The predicted molar refractivity (Wildman–Crippen MR) is 71.7 cm³/mol. The first-order valence-corrected chi connectivity index (χ1v) is 5.79. The average molecular weight is 225 g/mol. The number of H-pyrrole nitrogens is 1. The van der Waals surface area contributed by atoms with Crippen molar-refractivity contribution < 1.29 is 5.11 Å². The second-order valence-electron chi connectivity index (χ2n) is 4.76. The highest BCUT2D eigenvalue weighted by molar-refractivity contribution is 6.09. The van der Waals surface area contributed by atoms with Crippen molar-refractivity contribution in [2.45, 2.75) is 20.8 Å². The molecular formula is C15H15NO. The van der Waals surface area contributed by atoms with Crippen LogP contribution >= 0.6 is 0 Å². The summed E-state index contributed by atoms with van der Waals surface area (Å²) in [4.78, 5) is 3.40. The van der Waals surface area contributed by atoms with Crippen LogP contribution in [0.1, 0.15) is 16.7 Å². The third-order valence-electron chi connectivity index (χ3n) is 3.46. The highest BCUT2D eigenvalue weighted by Gasteiger charge is 2.11. The summed E-state index contributed by atoms with van der Waals surface area (Å²) in [7, 11) is 0. The van der Waals surface area contributed by atoms with Gasteiger partial charge in [-0.05, 0) is 44.0 Å². The van der Waals surface area contributed by atoms with Gasteiger partial charge in [0.1, 0.15) is 5.75 Å². The summed E-state index contributed by atoms with van der Waals surface area (Å²) in [5.74, 6) is 0.390. The molecule has 0 aliphatic heterocycles. The molecule has 3 aromatic rings. The molecule has 2 N–H and O–H groups in total. The van der Waals surface area contributed by atoms with E-state index in [1.165, 1.54) is 16.3 Å². The minimum atomic E-state index is 0.390. The number of hydrogen-bond donors (Lipinski definition) is 2. The molecule has 2 aromatic carbocycles. The van der Waals surface area contributed by atoms with E-state index in [1.807, 2.05) is 19.9 Å². The quantitative estimate of drug-likeness (QED) is 0.597. The SMILES string of the molecule is Cc1ccc2c(c1)[nH]c1c(C)c(O)c(C)cc12. The van der Waals surface area contributed by atoms with Crippen LogP contribution in [0.25, 0.3) is 21.8 Å². The fourth-order valence-electron chi connectivity index (χ4n) is 2.48. The van der Waals surface area contributed by atoms with Crippen LogP contribution in [0.3, 0.4) is 0 Å². The van der Waals surface area contributed by atoms with Crippen molar-refractivity contribution in [2.75, 3.05) is 0 Å². The second-order valence-corrected chi connectivity index (χ2v) is 4.76. The molecule has 0 amide bonds. The molecule has 3 rings (SSSR count). The van der Waals surface area contributed by atoms with E-state index in [0.29, 0.717) is 5.75 Å². The number of aromatic nitrogens is 1. The Bertz CT molecular complexity index is 738. The Kier molecular flexibility index (Phi) is 1.96. The van der Waals surface area contributed by atoms with Crippen molar-refractivity contribution in [1.82, 2.24) is 4.98 Å². The largest absolute Gasteiger partial charge is 0.507 e. The van der Waals surface area contributed by atoms with Gasteiger partial charge in [-0.15, -0.1) is 0 Å². The van der Waals surface area contributed by atoms with Gasteiger partial charge in [0.25, 0.3) is 0 Å². The van der Waals surface area contributed by atoms with Gasteiger partial charge in [0.15, 0.2) is 0 Å². The third kappa shape index (κ3) is 1.34. The standard InChI is InChI=1S/C15H15NO/c1-8-4-5-11-12-7-9(2)15(17)10(3)14(12)16-13(11)6-8/h4-7,16-17H,1-3H3. The number of aromatic hydroxyl groups is 1. The van der Waals surface area contributed by atoms with Crippen molar-refractivity contribution in [3.05, 3.63) is 41.0 Å². The van der Waals surface area contributed by atoms with Gasteiger partial charge >= 0.3 is 0 Å². The van der Waals surface area contributed by atoms with Gasteiger partial charge in [0.2, 0.25) is 0 Å². The van der Waals surface area contributed by atoms with Gasteiger partial charge in [-0.1, -0.05) is 12.1 Å². The van der Waals surface area contributed by atoms with Crippen molar-refractivity contribution in [2.24, 2.45) is 0 Å². The maximum Gasteiger partial charge on any atom is 0.123 e. The Morgan fingerprint density at radius 1 is 1.00 bits per heavy atom. The van der Waals surface area contributed by atoms with Crippen LogP contribution in [-0.4, -0.2) is 10.1 Å². The molecule has 0 fully saturated rings. The number of phenols is 1. The van der Waals surface area contributed by atoms with Crippen LogP contribution < -0.4 is 0 Å². The zero-order valence-corrected chi connectivity index (χ0v) is 10.3. The monoisotopic (exact) mass is 225 g/mol. The zero-order chi connectivity index (χ0) is 12.2. The first-order chi connectivity index (χ1) is 8.08. The maximum absolute atomic E-state index is 9.96. The number of benzene rings is 2. The molecule has 2 heteroatoms. The minimum Gasteiger partial charge on any atom is -0.507 e. The van der Waals surface area contributed by atoms with Gasteiger partial charge in [0, 0.05) is 21.9 Å². The molecule has 0 aliphatic rings. The predicted octanol–water partition coefficient (Wildman–Crippen LogP) is 3.95. The van der Waals surface area contributed by atoms with E-state index in [1.54, 1.807) is 0 Å². The first-order valence-electron chi connectivity index (χ1n) is 5.79. The Morgan fingerprint density at radius 3 is 2.53 bits per heavy atom. The summed E-state index contributed by atoms with van der Waals surface area (Å²) in [6.07, 6.45) is 0. The van der Waals surface area contributed by atoms with E-state index in [4.69, 9.17) is 0 Å². The molecule has 0 spiro atoms. The molecular weight excluding hydrogens is 210 g/mol. The Balaban J connectivity index is 2.56. The number of aromatic amines is 1. The van der Waals surface area contributed by atoms with Gasteiger partial charge < -0.3 is 10.1 Å². The molecule has 0 saturated heterocycles. The minimum absolute atomic E-state index is 0.390. The van der Waals surface area contributed by atoms with E-state index < -0.39 is 0 Å². The topological polar surface area (TPSA) is 36.0 Å². The second kappa shape index (κ2) is 3.27. The number of phenolic OH excluding ortho intramolecular Hbond substituents is 1. The van der Waals surface area contributed by atoms with E-state index in [9.17, 15) is 5.11 Å². The number of hydrogen-bond acceptors (Lipinski definition) is 1. The lowest BCUT2D eigenvalue weighted by Gasteiger charge is -2.04. The van der Waals surface area contributed by atoms with Crippen LogP contribution in [0.5, 0.6) is 5.75 Å². The lowest BCUT2D eigenvalue weighted by atomic mass is 10.0. The molecule has 0 saturated carbocycles. The molecule has 1 heterocycles. The molecule has 86 valence electrons. The van der Waals surface area contributed by atoms with Gasteiger partial charge in [-0.2, -0.15) is 0 Å². The molecule has 0 atom stereocenters. The highest BCUT2D eigenvalue weighted by atomic mass is 16.3. The smallest absolute Gasteiger partial charge is 0.123 e. The Labute approximate surface area is 99.9 Å². The summed E-state index contributed by atoms with van der Waals surface area (Å²) < 4.78 is 0. The molecule has 0 radical (unpaired) electrons. The van der Waals surface area contributed by atoms with Gasteiger partial charge in [0.05, 0.1) is 5.52 Å². The van der Waals surface area contributed by atoms with Crippen molar-refractivity contribution in [3.8, 4) is 5.75 Å². The number of aryl methyl sites for hydroxylation is 3. The number of nitrogens with one attached hydrogen (secondary N) is 1. The van der Waals surface area contributed by atoms with Gasteiger partial charge in [-0.25, -0.2) is 0 Å². The van der Waals surface area contributed by atoms with E-state index >= 15 is 0 Å². The van der Waals surface area contributed by atoms with Crippen molar-refractivity contribution >= 4 is 21.8 Å². The van der Waals surface area contributed by atoms with E-state index in [0.717, 1.165) is 22.2 Å². The average Bonchev–Trinajstić information content (AvgIpc) is 2.64. The Hall–Kier alpha value is -1.96. The molecule has 1 aromatic heterocycles. The summed E-state index contributed by atoms with van der Waals surface area (Å²) in [6, 6.07) is 8.44. The van der Waals surface area contributed by atoms with Crippen LogP contribution in [0, 0.1) is 20.8 Å². The van der Waals surface area contributed by atoms with Crippen LogP contribution in [0.2, 0.25) is 0 Å². The van der Waals surface area contributed by atoms with Crippen LogP contribution in [0.15, 0.2) is 24.3 Å². The summed E-state index contributed by atoms with van der Waals surface area (Å²) >= 11 is 0. The summed E-state index contributed by atoms with van der Waals surface area (Å²) in [5, 5.41) is 12.4. The number of fused-ring (bicyclic) bond motifs is 3. The Morgan fingerprint density at radius 2 is 1.76 bits per heavy atom. The maximum atomic E-state index is 9.96. The molecule has 0 bridgehead atoms. The third-order valence-corrected chi connectivity index (χ3v) is 3.46. The molecule has 17 heavy (non-hydrogen) atoms. The zero-order valence-electron chi connectivity index (χ0n) is 10.3. The van der Waals surface area contributed by atoms with Crippen molar-refractivity contribution in [1.29, 1.82) is 0 Å². The fourth-order valence-corrected chi connectivity index (χ4v) is 2.48. The molecule has 0 aliphatic carbocycles. The van der Waals surface area contributed by atoms with Crippen molar-refractivity contribution in [3.63, 3.8) is 0 Å². The number of rotatable bonds is 0. The van der Waals surface area contributed by atoms with Crippen LogP contribution in [0.4, 0.5) is 0 Å². The van der Waals surface area contributed by atoms with Gasteiger partial charge in [-0.3, -0.25) is 0 Å². The molecule has 2 nitrogen and oxygen atoms in total. The van der Waals surface area contributed by atoms with E-state index in [-0.39, 0.29) is 0 Å². The lowest BCUT2D eigenvalue weighted by Crippen LogP contribution is -1.82. The summed E-state index contributed by atoms with van der Waals surface area (Å²) in [5.41, 5.74) is 5.26. The fraction of sp³-hybridized carbons (Fsp3) is 0.200. The molecule has 0 unspecified atom stereocenters. The van der Waals surface area contributed by atoms with E-state index in [2.05, 4.69) is 30.1 Å². The normalized spacial score (nSPS) is 11.5. The highest BCUT2D eigenvalue weighted by Crippen LogP contribution is 2.34. The summed E-state index contributed by atoms with van der Waals surface area (Å²) in [6.45, 7) is 5.97. The lowest BCUT2D eigenvalue weighted by molar-refractivity contribution is 0.468. The first kappa shape index (κ1) is 10.2.